The SMILES string of the molecule is CC(=O)c1cc(F)c2c(c1Cl)CCC1CN(C(=O)O)CCN1C2. The van der Waals surface area contributed by atoms with E-state index in [4.69, 9.17) is 16.7 Å². The zero-order valence-corrected chi connectivity index (χ0v) is 13.6. The van der Waals surface area contributed by atoms with Gasteiger partial charge in [-0.1, -0.05) is 11.6 Å². The van der Waals surface area contributed by atoms with Gasteiger partial charge >= 0.3 is 6.09 Å². The summed E-state index contributed by atoms with van der Waals surface area (Å²) in [5.74, 6) is -0.661. The first-order valence-corrected chi connectivity index (χ1v) is 7.99. The van der Waals surface area contributed by atoms with Gasteiger partial charge in [-0.15, -0.1) is 0 Å². The summed E-state index contributed by atoms with van der Waals surface area (Å²) in [6.45, 7) is 3.18. The molecule has 23 heavy (non-hydrogen) atoms. The topological polar surface area (TPSA) is 60.9 Å². The maximum Gasteiger partial charge on any atom is 0.407 e. The van der Waals surface area contributed by atoms with E-state index in [2.05, 4.69) is 4.90 Å². The summed E-state index contributed by atoms with van der Waals surface area (Å²) in [7, 11) is 0. The maximum absolute atomic E-state index is 14.5. The van der Waals surface area contributed by atoms with Crippen LogP contribution >= 0.6 is 11.6 Å². The van der Waals surface area contributed by atoms with Crippen LogP contribution in [-0.4, -0.2) is 52.5 Å². The van der Waals surface area contributed by atoms with Crippen LogP contribution in [0.1, 0.15) is 34.8 Å². The molecular formula is C16H18ClFN2O3. The lowest BCUT2D eigenvalue weighted by atomic mass is 9.97. The molecule has 3 rings (SSSR count). The van der Waals surface area contributed by atoms with Gasteiger partial charge in [0, 0.05) is 43.3 Å². The lowest BCUT2D eigenvalue weighted by molar-refractivity contribution is 0.0630. The Morgan fingerprint density at radius 2 is 2.09 bits per heavy atom. The Morgan fingerprint density at radius 1 is 1.35 bits per heavy atom. The smallest absolute Gasteiger partial charge is 0.407 e. The van der Waals surface area contributed by atoms with E-state index in [0.717, 1.165) is 0 Å². The van der Waals surface area contributed by atoms with E-state index < -0.39 is 11.9 Å². The highest BCUT2D eigenvalue weighted by atomic mass is 35.5. The molecule has 7 heteroatoms. The number of Topliss-reactive ketones (excluding diaryl/α,β-unsaturated/α-hetero) is 1. The molecule has 2 aliphatic rings. The van der Waals surface area contributed by atoms with Gasteiger partial charge in [0.05, 0.1) is 5.02 Å². The van der Waals surface area contributed by atoms with Crippen LogP contribution in [0.4, 0.5) is 9.18 Å². The number of piperazine rings is 1. The molecular weight excluding hydrogens is 323 g/mol. The minimum absolute atomic E-state index is 0.0449. The number of rotatable bonds is 1. The van der Waals surface area contributed by atoms with Crippen molar-refractivity contribution in [1.82, 2.24) is 9.80 Å². The van der Waals surface area contributed by atoms with Crippen molar-refractivity contribution in [3.8, 4) is 0 Å². The molecule has 1 N–H and O–H groups in total. The molecule has 1 aromatic carbocycles. The number of nitrogens with zero attached hydrogens (tertiary/aromatic N) is 2. The van der Waals surface area contributed by atoms with Crippen molar-refractivity contribution in [3.05, 3.63) is 33.6 Å². The largest absolute Gasteiger partial charge is 0.465 e. The lowest BCUT2D eigenvalue weighted by Gasteiger charge is -2.39. The summed E-state index contributed by atoms with van der Waals surface area (Å²) >= 11 is 6.33. The molecule has 0 saturated carbocycles. The van der Waals surface area contributed by atoms with Crippen molar-refractivity contribution < 1.29 is 19.1 Å². The van der Waals surface area contributed by atoms with Crippen LogP contribution in [0, 0.1) is 5.82 Å². The highest BCUT2D eigenvalue weighted by Gasteiger charge is 2.33. The number of fused-ring (bicyclic) bond motifs is 2. The third-order valence-electron chi connectivity index (χ3n) is 4.77. The first-order valence-electron chi connectivity index (χ1n) is 7.61. The van der Waals surface area contributed by atoms with E-state index in [1.54, 1.807) is 0 Å². The number of carbonyl (C=O) groups is 2. The van der Waals surface area contributed by atoms with Gasteiger partial charge in [-0.2, -0.15) is 0 Å². The molecule has 0 aliphatic carbocycles. The highest BCUT2D eigenvalue weighted by molar-refractivity contribution is 6.34. The zero-order chi connectivity index (χ0) is 16.7. The van der Waals surface area contributed by atoms with E-state index in [1.807, 2.05) is 0 Å². The van der Waals surface area contributed by atoms with Crippen molar-refractivity contribution in [2.24, 2.45) is 0 Å². The van der Waals surface area contributed by atoms with Crippen LogP contribution < -0.4 is 0 Å². The first-order chi connectivity index (χ1) is 10.9. The quantitative estimate of drug-likeness (QED) is 0.799. The second kappa shape index (κ2) is 6.09. The Kier molecular flexibility index (Phi) is 4.29. The summed E-state index contributed by atoms with van der Waals surface area (Å²) in [5.41, 5.74) is 1.44. The van der Waals surface area contributed by atoms with Crippen molar-refractivity contribution in [1.29, 1.82) is 0 Å². The van der Waals surface area contributed by atoms with Gasteiger partial charge < -0.3 is 10.0 Å². The number of hydrogen-bond acceptors (Lipinski definition) is 3. The third-order valence-corrected chi connectivity index (χ3v) is 5.20. The first kappa shape index (κ1) is 16.2. The van der Waals surface area contributed by atoms with Crippen LogP contribution in [0.25, 0.3) is 0 Å². The van der Waals surface area contributed by atoms with Crippen molar-refractivity contribution in [3.63, 3.8) is 0 Å². The number of ketones is 1. The summed E-state index contributed by atoms with van der Waals surface area (Å²) < 4.78 is 14.5. The molecule has 0 spiro atoms. The van der Waals surface area contributed by atoms with Gasteiger partial charge in [-0.3, -0.25) is 9.69 Å². The fourth-order valence-electron chi connectivity index (χ4n) is 3.47. The van der Waals surface area contributed by atoms with E-state index in [9.17, 15) is 14.0 Å². The Labute approximate surface area is 138 Å². The van der Waals surface area contributed by atoms with Gasteiger partial charge in [0.25, 0.3) is 0 Å². The van der Waals surface area contributed by atoms with Gasteiger partial charge in [0.2, 0.25) is 0 Å². The average Bonchev–Trinajstić information content (AvgIpc) is 2.69. The fraction of sp³-hybridized carbons (Fsp3) is 0.500. The van der Waals surface area contributed by atoms with Gasteiger partial charge in [0.15, 0.2) is 5.78 Å². The molecule has 1 saturated heterocycles. The molecule has 1 unspecified atom stereocenters. The van der Waals surface area contributed by atoms with Crippen LogP contribution in [0.15, 0.2) is 6.07 Å². The van der Waals surface area contributed by atoms with E-state index in [1.165, 1.54) is 17.9 Å². The van der Waals surface area contributed by atoms with Gasteiger partial charge in [0.1, 0.15) is 5.82 Å². The second-order valence-electron chi connectivity index (χ2n) is 6.12. The number of hydrogen-bond donors (Lipinski definition) is 1. The van der Waals surface area contributed by atoms with Crippen LogP contribution in [0.3, 0.4) is 0 Å². The molecule has 2 heterocycles. The van der Waals surface area contributed by atoms with Crippen LogP contribution in [-0.2, 0) is 13.0 Å². The summed E-state index contributed by atoms with van der Waals surface area (Å²) in [5, 5.41) is 9.48. The monoisotopic (exact) mass is 340 g/mol. The molecule has 2 aliphatic heterocycles. The molecule has 5 nitrogen and oxygen atoms in total. The van der Waals surface area contributed by atoms with Crippen molar-refractivity contribution in [2.45, 2.75) is 32.4 Å². The zero-order valence-electron chi connectivity index (χ0n) is 12.8. The molecule has 1 atom stereocenters. The normalized spacial score (nSPS) is 21.3. The summed E-state index contributed by atoms with van der Waals surface area (Å²) in [6.07, 6.45) is 0.312. The lowest BCUT2D eigenvalue weighted by Crippen LogP contribution is -2.53. The van der Waals surface area contributed by atoms with E-state index >= 15 is 0 Å². The number of halogens is 2. The summed E-state index contributed by atoms with van der Waals surface area (Å²) in [4.78, 5) is 26.3. The minimum Gasteiger partial charge on any atom is -0.465 e. The average molecular weight is 341 g/mol. The third kappa shape index (κ3) is 2.93. The Bertz CT molecular complexity index is 680. The predicted molar refractivity (Wildman–Crippen MR) is 83.5 cm³/mol. The predicted octanol–water partition coefficient (Wildman–Crippen LogP) is 2.79. The molecule has 0 bridgehead atoms. The molecule has 0 radical (unpaired) electrons. The number of benzene rings is 1. The number of amides is 1. The van der Waals surface area contributed by atoms with Crippen molar-refractivity contribution in [2.75, 3.05) is 19.6 Å². The Morgan fingerprint density at radius 3 is 2.74 bits per heavy atom. The molecule has 0 aromatic heterocycles. The molecule has 124 valence electrons. The van der Waals surface area contributed by atoms with E-state index in [0.29, 0.717) is 55.2 Å². The van der Waals surface area contributed by atoms with Crippen LogP contribution in [0.5, 0.6) is 0 Å². The molecule has 1 amide bonds. The van der Waals surface area contributed by atoms with Gasteiger partial charge in [-0.25, -0.2) is 9.18 Å². The summed E-state index contributed by atoms with van der Waals surface area (Å²) in [6, 6.07) is 1.26. The number of carboxylic acid groups (broad SMARTS) is 1. The second-order valence-corrected chi connectivity index (χ2v) is 6.50. The van der Waals surface area contributed by atoms with Crippen LogP contribution in [0.2, 0.25) is 5.02 Å². The molecule has 1 aromatic rings. The Hall–Kier alpha value is -1.66. The number of carbonyl (C=O) groups excluding carboxylic acids is 1. The highest BCUT2D eigenvalue weighted by Crippen LogP contribution is 2.34. The minimum atomic E-state index is -0.922. The van der Waals surface area contributed by atoms with Crippen molar-refractivity contribution >= 4 is 23.5 Å². The molecule has 1 fully saturated rings. The maximum atomic E-state index is 14.5. The van der Waals surface area contributed by atoms with E-state index in [-0.39, 0.29) is 17.4 Å². The Balaban J connectivity index is 1.94. The fourth-order valence-corrected chi connectivity index (χ4v) is 3.86. The standard InChI is InChI=1S/C16H18ClFN2O3/c1-9(21)12-6-14(18)13-8-19-4-5-20(16(22)23)7-10(19)2-3-11(13)15(12)17/h6,10H,2-5,7-8H2,1H3,(H,22,23). The van der Waals surface area contributed by atoms with Gasteiger partial charge in [-0.05, 0) is 31.4 Å².